The van der Waals surface area contributed by atoms with Gasteiger partial charge in [-0.2, -0.15) is 0 Å². The fourth-order valence-corrected chi connectivity index (χ4v) is 2.82. The molecule has 6 nitrogen and oxygen atoms in total. The summed E-state index contributed by atoms with van der Waals surface area (Å²) < 4.78 is 22.1. The van der Waals surface area contributed by atoms with Crippen LogP contribution in [0.1, 0.15) is 60.3 Å². The van der Waals surface area contributed by atoms with Gasteiger partial charge in [-0.1, -0.05) is 6.42 Å². The molecule has 2 aliphatic rings. The molecule has 0 aliphatic carbocycles. The Balaban J connectivity index is 1.60. The molecule has 6 heteroatoms. The third-order valence-electron chi connectivity index (χ3n) is 4.02. The number of ether oxygens (including phenoxy) is 4. The van der Waals surface area contributed by atoms with E-state index in [4.69, 9.17) is 18.9 Å². The molecule has 2 aliphatic heterocycles. The number of aliphatic hydroxyl groups excluding tert-OH is 1. The average molecular weight is 330 g/mol. The number of aliphatic hydroxyl groups is 1. The third kappa shape index (κ3) is 5.71. The van der Waals surface area contributed by atoms with Gasteiger partial charge in [0.15, 0.2) is 6.29 Å². The number of hydrogen-bond donors (Lipinski definition) is 1. The fourth-order valence-electron chi connectivity index (χ4n) is 2.82. The van der Waals surface area contributed by atoms with Gasteiger partial charge in [0.1, 0.15) is 23.9 Å². The van der Waals surface area contributed by atoms with Gasteiger partial charge in [0.05, 0.1) is 12.2 Å². The molecule has 2 fully saturated rings. The molecule has 0 amide bonds. The minimum Gasteiger partial charge on any atom is -0.460 e. The van der Waals surface area contributed by atoms with Crippen molar-refractivity contribution in [3.63, 3.8) is 0 Å². The highest BCUT2D eigenvalue weighted by molar-refractivity contribution is 5.69. The number of unbranched alkanes of at least 4 members (excludes halogenated alkanes) is 1. The summed E-state index contributed by atoms with van der Waals surface area (Å²) in [4.78, 5) is 11.6. The molecule has 2 rings (SSSR count). The van der Waals surface area contributed by atoms with E-state index in [0.29, 0.717) is 6.42 Å². The van der Waals surface area contributed by atoms with Crippen LogP contribution in [0.15, 0.2) is 0 Å². The Labute approximate surface area is 138 Å². The van der Waals surface area contributed by atoms with Crippen LogP contribution in [0.3, 0.4) is 0 Å². The quantitative estimate of drug-likeness (QED) is 0.438. The van der Waals surface area contributed by atoms with Crippen LogP contribution in [0.25, 0.3) is 0 Å². The molecule has 0 spiro atoms. The zero-order chi connectivity index (χ0) is 17.2. The maximum absolute atomic E-state index is 11.6. The normalized spacial score (nSPS) is 34.6. The summed E-state index contributed by atoms with van der Waals surface area (Å²) in [6.45, 7) is 9.48. The van der Waals surface area contributed by atoms with Gasteiger partial charge in [-0.15, -0.1) is 0 Å². The van der Waals surface area contributed by atoms with E-state index in [0.717, 1.165) is 19.3 Å². The molecule has 0 aromatic rings. The first-order valence-corrected chi connectivity index (χ1v) is 8.53. The van der Waals surface area contributed by atoms with E-state index in [1.165, 1.54) is 0 Å². The van der Waals surface area contributed by atoms with Crippen molar-refractivity contribution in [2.75, 3.05) is 0 Å². The second-order valence-electron chi connectivity index (χ2n) is 7.54. The van der Waals surface area contributed by atoms with Crippen molar-refractivity contribution in [2.45, 2.75) is 103 Å². The van der Waals surface area contributed by atoms with Gasteiger partial charge < -0.3 is 24.1 Å². The van der Waals surface area contributed by atoms with E-state index in [2.05, 4.69) is 0 Å². The number of fused-ring (bicyclic) bond motifs is 1. The van der Waals surface area contributed by atoms with Crippen molar-refractivity contribution in [3.05, 3.63) is 0 Å². The number of carbonyl (C=O) groups excluding carboxylic acids is 1. The number of epoxide rings is 1. The number of esters is 1. The van der Waals surface area contributed by atoms with Crippen molar-refractivity contribution in [3.8, 4) is 0 Å². The summed E-state index contributed by atoms with van der Waals surface area (Å²) >= 11 is 0. The summed E-state index contributed by atoms with van der Waals surface area (Å²) in [5.41, 5.74) is -0.429. The maximum Gasteiger partial charge on any atom is 0.306 e. The molecule has 0 radical (unpaired) electrons. The Morgan fingerprint density at radius 1 is 1.22 bits per heavy atom. The molecule has 6 unspecified atom stereocenters. The van der Waals surface area contributed by atoms with Crippen molar-refractivity contribution in [1.29, 1.82) is 0 Å². The molecular weight excluding hydrogens is 300 g/mol. The first kappa shape index (κ1) is 18.6. The van der Waals surface area contributed by atoms with Gasteiger partial charge in [-0.3, -0.25) is 4.79 Å². The summed E-state index contributed by atoms with van der Waals surface area (Å²) in [6.07, 6.45) is 1.26. The highest BCUT2D eigenvalue weighted by Crippen LogP contribution is 2.38. The topological polar surface area (TPSA) is 77.5 Å². The molecule has 0 aromatic carbocycles. The van der Waals surface area contributed by atoms with Crippen molar-refractivity contribution >= 4 is 5.97 Å². The van der Waals surface area contributed by atoms with Gasteiger partial charge in [0, 0.05) is 6.42 Å². The minimum atomic E-state index is -0.722. The standard InChI is InChI=1S/C17H30O6/c1-10(8-6-7-9-12(18)23-17(3,4)5)20-16-13(19)15-14(22-15)11(2)21-16/h10-11,13-16,19H,6-9H2,1-5H3. The smallest absolute Gasteiger partial charge is 0.306 e. The predicted molar refractivity (Wildman–Crippen MR) is 83.9 cm³/mol. The van der Waals surface area contributed by atoms with Crippen LogP contribution in [0.2, 0.25) is 0 Å². The van der Waals surface area contributed by atoms with E-state index < -0.39 is 18.0 Å². The predicted octanol–water partition coefficient (Wildman–Crippen LogP) is 2.17. The van der Waals surface area contributed by atoms with Crippen LogP contribution in [0.5, 0.6) is 0 Å². The lowest BCUT2D eigenvalue weighted by atomic mass is 10.1. The summed E-state index contributed by atoms with van der Waals surface area (Å²) in [5, 5.41) is 10.1. The highest BCUT2D eigenvalue weighted by atomic mass is 16.7. The van der Waals surface area contributed by atoms with Crippen molar-refractivity contribution < 1.29 is 28.8 Å². The molecule has 1 N–H and O–H groups in total. The largest absolute Gasteiger partial charge is 0.460 e. The van der Waals surface area contributed by atoms with Gasteiger partial charge in [-0.25, -0.2) is 0 Å². The minimum absolute atomic E-state index is 0.00832. The third-order valence-corrected chi connectivity index (χ3v) is 4.02. The van der Waals surface area contributed by atoms with Crippen LogP contribution in [0.4, 0.5) is 0 Å². The number of carbonyl (C=O) groups is 1. The number of hydrogen-bond acceptors (Lipinski definition) is 6. The molecule has 23 heavy (non-hydrogen) atoms. The Hall–Kier alpha value is -0.690. The molecule has 134 valence electrons. The molecular formula is C17H30O6. The summed E-state index contributed by atoms with van der Waals surface area (Å²) in [6, 6.07) is 0. The summed E-state index contributed by atoms with van der Waals surface area (Å²) in [5.74, 6) is -0.164. The maximum atomic E-state index is 11.6. The molecule has 2 saturated heterocycles. The SMILES string of the molecule is CC(CCCCC(=O)OC(C)(C)C)OC1OC(C)C2OC2C1O. The summed E-state index contributed by atoms with van der Waals surface area (Å²) in [7, 11) is 0. The number of rotatable bonds is 7. The van der Waals surface area contributed by atoms with Crippen LogP contribution >= 0.6 is 0 Å². The second kappa shape index (κ2) is 7.47. The lowest BCUT2D eigenvalue weighted by Crippen LogP contribution is -2.46. The second-order valence-corrected chi connectivity index (χ2v) is 7.54. The Bertz CT molecular complexity index is 404. The van der Waals surface area contributed by atoms with Crippen LogP contribution in [0, 0.1) is 0 Å². The van der Waals surface area contributed by atoms with Crippen molar-refractivity contribution in [2.24, 2.45) is 0 Å². The van der Waals surface area contributed by atoms with E-state index in [1.54, 1.807) is 0 Å². The van der Waals surface area contributed by atoms with Crippen molar-refractivity contribution in [1.82, 2.24) is 0 Å². The highest BCUT2D eigenvalue weighted by Gasteiger charge is 2.56. The van der Waals surface area contributed by atoms with Crippen LogP contribution in [-0.2, 0) is 23.7 Å². The van der Waals surface area contributed by atoms with E-state index in [-0.39, 0.29) is 30.4 Å². The van der Waals surface area contributed by atoms with E-state index >= 15 is 0 Å². The Morgan fingerprint density at radius 3 is 2.57 bits per heavy atom. The van der Waals surface area contributed by atoms with Crippen LogP contribution < -0.4 is 0 Å². The monoisotopic (exact) mass is 330 g/mol. The van der Waals surface area contributed by atoms with Gasteiger partial charge >= 0.3 is 5.97 Å². The van der Waals surface area contributed by atoms with E-state index in [9.17, 15) is 9.90 Å². The first-order chi connectivity index (χ1) is 10.7. The molecule has 2 heterocycles. The van der Waals surface area contributed by atoms with Gasteiger partial charge in [-0.05, 0) is 47.5 Å². The Morgan fingerprint density at radius 2 is 1.91 bits per heavy atom. The first-order valence-electron chi connectivity index (χ1n) is 8.53. The fraction of sp³-hybridized carbons (Fsp3) is 0.941. The molecule has 6 atom stereocenters. The zero-order valence-corrected chi connectivity index (χ0v) is 14.8. The Kier molecular flexibility index (Phi) is 6.05. The average Bonchev–Trinajstić information content (AvgIpc) is 3.20. The lowest BCUT2D eigenvalue weighted by molar-refractivity contribution is -0.242. The molecule has 0 aromatic heterocycles. The lowest BCUT2D eigenvalue weighted by Gasteiger charge is -2.31. The zero-order valence-electron chi connectivity index (χ0n) is 14.8. The molecule has 0 bridgehead atoms. The van der Waals surface area contributed by atoms with E-state index in [1.807, 2.05) is 34.6 Å². The molecule has 0 saturated carbocycles. The van der Waals surface area contributed by atoms with Crippen LogP contribution in [-0.4, -0.2) is 53.5 Å². The van der Waals surface area contributed by atoms with Gasteiger partial charge in [0.25, 0.3) is 0 Å². The van der Waals surface area contributed by atoms with Gasteiger partial charge in [0.2, 0.25) is 0 Å².